The van der Waals surface area contributed by atoms with E-state index in [0.717, 1.165) is 11.1 Å². The van der Waals surface area contributed by atoms with Crippen LogP contribution in [0.3, 0.4) is 0 Å². The molecule has 0 aromatic heterocycles. The van der Waals surface area contributed by atoms with Crippen LogP contribution >= 0.6 is 0 Å². The molecule has 4 aromatic rings. The Bertz CT molecular complexity index is 1430. The van der Waals surface area contributed by atoms with E-state index in [-0.39, 0.29) is 5.78 Å². The third-order valence-electron chi connectivity index (χ3n) is 6.18. The van der Waals surface area contributed by atoms with Gasteiger partial charge in [-0.3, -0.25) is 4.79 Å². The molecule has 0 aliphatic carbocycles. The van der Waals surface area contributed by atoms with E-state index >= 15 is 0 Å². The summed E-state index contributed by atoms with van der Waals surface area (Å²) in [4.78, 5) is 26.9. The first-order valence-corrected chi connectivity index (χ1v) is 12.0. The summed E-state index contributed by atoms with van der Waals surface area (Å²) in [5.74, 6) is 0.773. The molecule has 1 aliphatic heterocycles. The number of methoxy groups -OCH3 is 1. The molecule has 4 aromatic carbocycles. The van der Waals surface area contributed by atoms with Crippen molar-refractivity contribution in [3.8, 4) is 11.5 Å². The Morgan fingerprint density at radius 2 is 1.46 bits per heavy atom. The number of carbonyl (C=O) groups excluding carboxylic acids is 2. The quantitative estimate of drug-likeness (QED) is 0.301. The number of rotatable bonds is 8. The monoisotopic (exact) mass is 490 g/mol. The molecular weight excluding hydrogens is 464 g/mol. The molecule has 37 heavy (non-hydrogen) atoms. The van der Waals surface area contributed by atoms with Crippen molar-refractivity contribution < 1.29 is 19.1 Å². The molecule has 0 fully saturated rings. The van der Waals surface area contributed by atoms with Gasteiger partial charge in [-0.25, -0.2) is 4.79 Å². The number of nitrogens with one attached hydrogen (secondary N) is 2. The third kappa shape index (κ3) is 5.09. The molecule has 6 heteroatoms. The smallest absolute Gasteiger partial charge is 0.320 e. The maximum atomic E-state index is 14.0. The van der Waals surface area contributed by atoms with Crippen LogP contribution in [0.1, 0.15) is 33.1 Å². The average Bonchev–Trinajstić information content (AvgIpc) is 2.96. The average molecular weight is 491 g/mol. The normalized spacial score (nSPS) is 14.9. The number of hydrogen-bond acceptors (Lipinski definition) is 4. The molecule has 0 radical (unpaired) electrons. The lowest BCUT2D eigenvalue weighted by Gasteiger charge is -2.31. The van der Waals surface area contributed by atoms with Gasteiger partial charge in [-0.05, 0) is 17.2 Å². The van der Waals surface area contributed by atoms with E-state index in [1.54, 1.807) is 25.3 Å². The van der Waals surface area contributed by atoms with Crippen molar-refractivity contribution >= 4 is 17.5 Å². The fourth-order valence-electron chi connectivity index (χ4n) is 4.43. The van der Waals surface area contributed by atoms with Crippen LogP contribution in [-0.4, -0.2) is 18.9 Å². The number of ketones is 1. The van der Waals surface area contributed by atoms with Gasteiger partial charge in [0, 0.05) is 11.1 Å². The number of para-hydroxylation sites is 1. The van der Waals surface area contributed by atoms with Crippen molar-refractivity contribution in [2.45, 2.75) is 12.6 Å². The molecule has 0 saturated carbocycles. The van der Waals surface area contributed by atoms with Crippen LogP contribution < -0.4 is 20.1 Å². The Labute approximate surface area is 215 Å². The molecule has 0 spiro atoms. The summed E-state index contributed by atoms with van der Waals surface area (Å²) in [6, 6.07) is 32.5. The molecule has 0 unspecified atom stereocenters. The predicted octanol–water partition coefficient (Wildman–Crippen LogP) is 5.92. The molecule has 0 saturated heterocycles. The number of Topliss-reactive ketones (excluding diaryl/α,β-unsaturated/α-hetero) is 1. The van der Waals surface area contributed by atoms with E-state index in [1.807, 2.05) is 91.0 Å². The van der Waals surface area contributed by atoms with Crippen LogP contribution in [0.15, 0.2) is 115 Å². The number of benzene rings is 4. The second kappa shape index (κ2) is 10.8. The minimum atomic E-state index is -0.780. The van der Waals surface area contributed by atoms with Gasteiger partial charge in [-0.1, -0.05) is 103 Å². The summed E-state index contributed by atoms with van der Waals surface area (Å²) in [5.41, 5.74) is 3.72. The van der Waals surface area contributed by atoms with Gasteiger partial charge in [0.15, 0.2) is 17.3 Å². The van der Waals surface area contributed by atoms with E-state index in [9.17, 15) is 9.59 Å². The molecule has 1 heterocycles. The second-order valence-corrected chi connectivity index (χ2v) is 8.53. The zero-order chi connectivity index (χ0) is 25.6. The Kier molecular flexibility index (Phi) is 6.99. The van der Waals surface area contributed by atoms with Crippen molar-refractivity contribution in [2.24, 2.45) is 0 Å². The number of amides is 2. The van der Waals surface area contributed by atoms with Gasteiger partial charge in [0.2, 0.25) is 0 Å². The van der Waals surface area contributed by atoms with Crippen LogP contribution in [-0.2, 0) is 6.61 Å². The fourth-order valence-corrected chi connectivity index (χ4v) is 4.43. The molecule has 184 valence electrons. The summed E-state index contributed by atoms with van der Waals surface area (Å²) in [6.07, 6.45) is 0. The Balaban J connectivity index is 1.67. The van der Waals surface area contributed by atoms with Gasteiger partial charge in [0.25, 0.3) is 0 Å². The lowest BCUT2D eigenvalue weighted by molar-refractivity contribution is 0.102. The van der Waals surface area contributed by atoms with Crippen molar-refractivity contribution in [3.63, 3.8) is 0 Å². The minimum Gasteiger partial charge on any atom is -0.493 e. The highest BCUT2D eigenvalue weighted by atomic mass is 16.5. The topological polar surface area (TPSA) is 76.7 Å². The van der Waals surface area contributed by atoms with E-state index in [4.69, 9.17) is 9.47 Å². The molecule has 0 bridgehead atoms. The lowest BCUT2D eigenvalue weighted by atomic mass is 9.87. The summed E-state index contributed by atoms with van der Waals surface area (Å²) in [5, 5.41) is 5.83. The molecule has 5 rings (SSSR count). The highest BCUT2D eigenvalue weighted by molar-refractivity contribution is 6.16. The van der Waals surface area contributed by atoms with Crippen LogP contribution in [0.5, 0.6) is 11.5 Å². The van der Waals surface area contributed by atoms with E-state index in [1.165, 1.54) is 0 Å². The minimum absolute atomic E-state index is 0.200. The van der Waals surface area contributed by atoms with Gasteiger partial charge in [-0.2, -0.15) is 0 Å². The first kappa shape index (κ1) is 23.9. The Morgan fingerprint density at radius 3 is 2.14 bits per heavy atom. The molecule has 2 amide bonds. The van der Waals surface area contributed by atoms with Crippen molar-refractivity contribution in [1.29, 1.82) is 0 Å². The predicted molar refractivity (Wildman–Crippen MR) is 142 cm³/mol. The Hall–Kier alpha value is -4.84. The summed E-state index contributed by atoms with van der Waals surface area (Å²) in [7, 11) is 1.57. The van der Waals surface area contributed by atoms with E-state index in [0.29, 0.717) is 40.5 Å². The van der Waals surface area contributed by atoms with Gasteiger partial charge in [0.1, 0.15) is 6.61 Å². The molecular formula is C31H26N2O4. The number of carbonyl (C=O) groups is 2. The molecule has 1 atom stereocenters. The second-order valence-electron chi connectivity index (χ2n) is 8.53. The Morgan fingerprint density at radius 1 is 0.811 bits per heavy atom. The molecule has 6 nitrogen and oxygen atoms in total. The SMILES string of the molecule is COc1cccc([C@H]2NC(=O)NC(c3ccccc3)=C2C(=O)c2ccccc2)c1OCc1ccccc1. The number of ether oxygens (including phenoxy) is 2. The van der Waals surface area contributed by atoms with E-state index < -0.39 is 12.1 Å². The summed E-state index contributed by atoms with van der Waals surface area (Å²) in [6.45, 7) is 0.296. The van der Waals surface area contributed by atoms with Crippen molar-refractivity contribution in [2.75, 3.05) is 7.11 Å². The van der Waals surface area contributed by atoms with Gasteiger partial charge < -0.3 is 20.1 Å². The molecule has 2 N–H and O–H groups in total. The van der Waals surface area contributed by atoms with Crippen LogP contribution in [0.4, 0.5) is 4.79 Å². The van der Waals surface area contributed by atoms with Gasteiger partial charge in [0.05, 0.1) is 24.4 Å². The number of urea groups is 1. The lowest BCUT2D eigenvalue weighted by Crippen LogP contribution is -2.45. The maximum Gasteiger partial charge on any atom is 0.320 e. The zero-order valence-electron chi connectivity index (χ0n) is 20.3. The van der Waals surface area contributed by atoms with Crippen LogP contribution in [0, 0.1) is 0 Å². The van der Waals surface area contributed by atoms with Gasteiger partial charge in [-0.15, -0.1) is 0 Å². The fraction of sp³-hybridized carbons (Fsp3) is 0.0968. The van der Waals surface area contributed by atoms with Crippen molar-refractivity contribution in [3.05, 3.63) is 137 Å². The largest absolute Gasteiger partial charge is 0.493 e. The standard InChI is InChI=1S/C31H26N2O4/c1-36-25-19-11-18-24(30(25)37-20-21-12-5-2-6-13-21)28-26(29(34)23-16-9-4-10-17-23)27(32-31(35)33-28)22-14-7-3-8-15-22/h2-19,28H,20H2,1H3,(H2,32,33,35)/t28-/m1/s1. The highest BCUT2D eigenvalue weighted by Crippen LogP contribution is 2.41. The first-order chi connectivity index (χ1) is 18.2. The van der Waals surface area contributed by atoms with E-state index in [2.05, 4.69) is 10.6 Å². The first-order valence-electron chi connectivity index (χ1n) is 12.0. The van der Waals surface area contributed by atoms with Crippen molar-refractivity contribution in [1.82, 2.24) is 10.6 Å². The van der Waals surface area contributed by atoms with Crippen LogP contribution in [0.2, 0.25) is 0 Å². The zero-order valence-corrected chi connectivity index (χ0v) is 20.3. The summed E-state index contributed by atoms with van der Waals surface area (Å²) >= 11 is 0. The summed E-state index contributed by atoms with van der Waals surface area (Å²) < 4.78 is 11.9. The number of hydrogen-bond donors (Lipinski definition) is 2. The van der Waals surface area contributed by atoms with Gasteiger partial charge >= 0.3 is 6.03 Å². The highest BCUT2D eigenvalue weighted by Gasteiger charge is 2.36. The molecule has 1 aliphatic rings. The third-order valence-corrected chi connectivity index (χ3v) is 6.18. The maximum absolute atomic E-state index is 14.0. The van der Waals surface area contributed by atoms with Crippen LogP contribution in [0.25, 0.3) is 5.70 Å².